The van der Waals surface area contributed by atoms with Crippen molar-refractivity contribution in [1.29, 1.82) is 0 Å². The first-order valence-electron chi connectivity index (χ1n) is 4.99. The molecular weight excluding hydrogens is 236 g/mol. The fourth-order valence-electron chi connectivity index (χ4n) is 1.73. The Morgan fingerprint density at radius 2 is 2.12 bits per heavy atom. The molecule has 0 unspecified atom stereocenters. The molecule has 6 nitrogen and oxygen atoms in total. The van der Waals surface area contributed by atoms with Crippen molar-refractivity contribution in [2.75, 3.05) is 11.7 Å². The van der Waals surface area contributed by atoms with Gasteiger partial charge < -0.3 is 5.43 Å². The van der Waals surface area contributed by atoms with Gasteiger partial charge in [0.15, 0.2) is 5.82 Å². The van der Waals surface area contributed by atoms with Gasteiger partial charge in [0.05, 0.1) is 5.52 Å². The van der Waals surface area contributed by atoms with Crippen LogP contribution in [0.1, 0.15) is 0 Å². The molecule has 1 aromatic carbocycles. The van der Waals surface area contributed by atoms with Crippen molar-refractivity contribution in [2.24, 2.45) is 5.84 Å². The molecule has 0 radical (unpaired) electrons. The Balaban J connectivity index is 2.47. The Morgan fingerprint density at radius 3 is 2.88 bits per heavy atom. The standard InChI is InChI=1S/C10H10N6S/c1-17-10-13-9-12-8(14-11)6-4-2-3-5-7(6)16(9)15-10/h2-5H,11H2,1H3,(H,12,13,14,15). The minimum absolute atomic E-state index is 0.543. The quantitative estimate of drug-likeness (QED) is 0.403. The van der Waals surface area contributed by atoms with Crippen LogP contribution in [0, 0.1) is 0 Å². The summed E-state index contributed by atoms with van der Waals surface area (Å²) >= 11 is 1.48. The molecule has 7 heteroatoms. The van der Waals surface area contributed by atoms with E-state index in [1.165, 1.54) is 11.8 Å². The molecule has 3 rings (SSSR count). The maximum atomic E-state index is 5.47. The van der Waals surface area contributed by atoms with Gasteiger partial charge in [-0.05, 0) is 18.4 Å². The number of anilines is 1. The highest BCUT2D eigenvalue weighted by molar-refractivity contribution is 7.98. The first-order chi connectivity index (χ1) is 8.33. The van der Waals surface area contributed by atoms with E-state index < -0.39 is 0 Å². The molecule has 86 valence electrons. The van der Waals surface area contributed by atoms with Crippen molar-refractivity contribution in [1.82, 2.24) is 19.6 Å². The SMILES string of the molecule is CSc1nc2nc(NN)c3ccccc3n2n1. The number of hydrogen-bond donors (Lipinski definition) is 2. The van der Waals surface area contributed by atoms with Crippen molar-refractivity contribution in [3.8, 4) is 0 Å². The second-order valence-electron chi connectivity index (χ2n) is 3.43. The monoisotopic (exact) mass is 246 g/mol. The van der Waals surface area contributed by atoms with E-state index in [4.69, 9.17) is 5.84 Å². The van der Waals surface area contributed by atoms with E-state index in [0.29, 0.717) is 16.8 Å². The van der Waals surface area contributed by atoms with Crippen LogP contribution < -0.4 is 11.3 Å². The summed E-state index contributed by atoms with van der Waals surface area (Å²) in [5.74, 6) is 6.62. The molecule has 0 bridgehead atoms. The minimum atomic E-state index is 0.543. The lowest BCUT2D eigenvalue weighted by Crippen LogP contribution is -2.10. The zero-order chi connectivity index (χ0) is 11.8. The number of para-hydroxylation sites is 1. The number of nitrogens with zero attached hydrogens (tertiary/aromatic N) is 4. The van der Waals surface area contributed by atoms with Crippen LogP contribution >= 0.6 is 11.8 Å². The third kappa shape index (κ3) is 1.51. The van der Waals surface area contributed by atoms with Gasteiger partial charge in [-0.25, -0.2) is 5.84 Å². The van der Waals surface area contributed by atoms with E-state index in [1.807, 2.05) is 30.5 Å². The summed E-state index contributed by atoms with van der Waals surface area (Å²) in [5, 5.41) is 5.98. The number of nitrogens with two attached hydrogens (primary N) is 1. The summed E-state index contributed by atoms with van der Waals surface area (Å²) in [5.41, 5.74) is 3.52. The highest BCUT2D eigenvalue weighted by Gasteiger charge is 2.10. The van der Waals surface area contributed by atoms with Crippen molar-refractivity contribution in [2.45, 2.75) is 5.16 Å². The lowest BCUT2D eigenvalue weighted by Gasteiger charge is -2.05. The van der Waals surface area contributed by atoms with E-state index in [9.17, 15) is 0 Å². The fourth-order valence-corrected chi connectivity index (χ4v) is 2.07. The van der Waals surface area contributed by atoms with Crippen molar-refractivity contribution < 1.29 is 0 Å². The summed E-state index contributed by atoms with van der Waals surface area (Å²) in [6.07, 6.45) is 1.93. The molecule has 3 N–H and O–H groups in total. The van der Waals surface area contributed by atoms with Crippen LogP contribution in [0.5, 0.6) is 0 Å². The lowest BCUT2D eigenvalue weighted by atomic mass is 10.2. The Labute approximate surface area is 101 Å². The minimum Gasteiger partial charge on any atom is -0.308 e. The van der Waals surface area contributed by atoms with Crippen LogP contribution in [0.25, 0.3) is 16.7 Å². The molecule has 0 aliphatic carbocycles. The van der Waals surface area contributed by atoms with E-state index in [0.717, 1.165) is 10.9 Å². The van der Waals surface area contributed by atoms with Crippen LogP contribution in [-0.2, 0) is 0 Å². The summed E-state index contributed by atoms with van der Waals surface area (Å²) in [4.78, 5) is 8.63. The van der Waals surface area contributed by atoms with Gasteiger partial charge in [0.2, 0.25) is 5.16 Å². The van der Waals surface area contributed by atoms with Gasteiger partial charge in [-0.1, -0.05) is 23.9 Å². The number of thioether (sulfide) groups is 1. The third-order valence-corrected chi connectivity index (χ3v) is 3.03. The molecule has 0 saturated heterocycles. The molecule has 0 fully saturated rings. The Kier molecular flexibility index (Phi) is 2.34. The van der Waals surface area contributed by atoms with Crippen LogP contribution in [-0.4, -0.2) is 25.8 Å². The zero-order valence-corrected chi connectivity index (χ0v) is 9.90. The average Bonchev–Trinajstić information content (AvgIpc) is 2.81. The second kappa shape index (κ2) is 3.86. The summed E-state index contributed by atoms with van der Waals surface area (Å²) in [6, 6.07) is 7.78. The molecule has 3 aromatic rings. The second-order valence-corrected chi connectivity index (χ2v) is 4.21. The van der Waals surface area contributed by atoms with Gasteiger partial charge >= 0.3 is 0 Å². The van der Waals surface area contributed by atoms with Crippen molar-refractivity contribution in [3.05, 3.63) is 24.3 Å². The number of hydrazine groups is 1. The first kappa shape index (κ1) is 10.3. The van der Waals surface area contributed by atoms with Crippen molar-refractivity contribution >= 4 is 34.3 Å². The number of nitrogens with one attached hydrogen (secondary N) is 1. The van der Waals surface area contributed by atoms with Gasteiger partial charge in [0.25, 0.3) is 5.78 Å². The summed E-state index contributed by atoms with van der Waals surface area (Å²) in [6.45, 7) is 0. The molecule has 0 amide bonds. The number of rotatable bonds is 2. The van der Waals surface area contributed by atoms with Gasteiger partial charge in [0.1, 0.15) is 0 Å². The zero-order valence-electron chi connectivity index (χ0n) is 9.08. The predicted octanol–water partition coefficient (Wildman–Crippen LogP) is 1.28. The molecule has 0 atom stereocenters. The summed E-state index contributed by atoms with van der Waals surface area (Å²) < 4.78 is 1.72. The van der Waals surface area contributed by atoms with Gasteiger partial charge in [-0.15, -0.1) is 5.10 Å². The van der Waals surface area contributed by atoms with Gasteiger partial charge in [-0.3, -0.25) is 0 Å². The van der Waals surface area contributed by atoms with Crippen LogP contribution in [0.4, 0.5) is 5.82 Å². The van der Waals surface area contributed by atoms with Gasteiger partial charge in [0, 0.05) is 5.39 Å². The normalized spacial score (nSPS) is 11.2. The summed E-state index contributed by atoms with van der Waals surface area (Å²) in [7, 11) is 0. The third-order valence-electron chi connectivity index (χ3n) is 2.49. The molecule has 0 saturated carbocycles. The molecule has 0 aliphatic heterocycles. The highest BCUT2D eigenvalue weighted by Crippen LogP contribution is 2.22. The number of nitrogen functional groups attached to an aromatic ring is 1. The maximum absolute atomic E-state index is 5.47. The fraction of sp³-hybridized carbons (Fsp3) is 0.100. The van der Waals surface area contributed by atoms with Gasteiger partial charge in [-0.2, -0.15) is 14.5 Å². The highest BCUT2D eigenvalue weighted by atomic mass is 32.2. The Hall–Kier alpha value is -1.86. The maximum Gasteiger partial charge on any atom is 0.255 e. The number of hydrogen-bond acceptors (Lipinski definition) is 6. The Morgan fingerprint density at radius 1 is 1.29 bits per heavy atom. The average molecular weight is 246 g/mol. The lowest BCUT2D eigenvalue weighted by molar-refractivity contribution is 0.911. The molecule has 0 aliphatic rings. The molecule has 17 heavy (non-hydrogen) atoms. The van der Waals surface area contributed by atoms with Crippen LogP contribution in [0.3, 0.4) is 0 Å². The smallest absolute Gasteiger partial charge is 0.255 e. The molecular formula is C10H10N6S. The molecule has 0 spiro atoms. The van der Waals surface area contributed by atoms with E-state index in [2.05, 4.69) is 20.5 Å². The first-order valence-corrected chi connectivity index (χ1v) is 6.22. The van der Waals surface area contributed by atoms with E-state index in [-0.39, 0.29) is 0 Å². The van der Waals surface area contributed by atoms with E-state index in [1.54, 1.807) is 4.52 Å². The topological polar surface area (TPSA) is 81.1 Å². The van der Waals surface area contributed by atoms with Crippen molar-refractivity contribution in [3.63, 3.8) is 0 Å². The number of fused-ring (bicyclic) bond motifs is 3. The predicted molar refractivity (Wildman–Crippen MR) is 67.9 cm³/mol. The number of aromatic nitrogens is 4. The van der Waals surface area contributed by atoms with Crippen LogP contribution in [0.2, 0.25) is 0 Å². The van der Waals surface area contributed by atoms with Crippen LogP contribution in [0.15, 0.2) is 29.4 Å². The molecule has 2 heterocycles. The molecule has 2 aromatic heterocycles. The number of benzene rings is 1. The van der Waals surface area contributed by atoms with E-state index >= 15 is 0 Å². The largest absolute Gasteiger partial charge is 0.308 e. The Bertz CT molecular complexity index is 692.